The molecule has 5 heteroatoms. The van der Waals surface area contributed by atoms with Gasteiger partial charge in [-0.05, 0) is 59.9 Å². The molecule has 0 aromatic carbocycles. The average Bonchev–Trinajstić information content (AvgIpc) is 3.09. The first-order valence-corrected chi connectivity index (χ1v) is 8.18. The molecule has 1 aliphatic heterocycles. The van der Waals surface area contributed by atoms with E-state index in [1.54, 1.807) is 0 Å². The molecule has 0 aromatic rings. The molecule has 1 heterocycles. The van der Waals surface area contributed by atoms with Crippen molar-refractivity contribution in [2.45, 2.75) is 76.7 Å². The van der Waals surface area contributed by atoms with Gasteiger partial charge in [0.1, 0.15) is 0 Å². The summed E-state index contributed by atoms with van der Waals surface area (Å²) in [6.45, 7) is 11.2. The maximum Gasteiger partial charge on any atom is 0.237 e. The second kappa shape index (κ2) is 6.23. The average molecular weight is 297 g/mol. The summed E-state index contributed by atoms with van der Waals surface area (Å²) in [5.41, 5.74) is 4.95. The maximum absolute atomic E-state index is 11.7. The predicted octanol–water partition coefficient (Wildman–Crippen LogP) is 1.26. The second-order valence-electron chi connectivity index (χ2n) is 7.64. The van der Waals surface area contributed by atoms with E-state index in [-0.39, 0.29) is 17.6 Å². The van der Waals surface area contributed by atoms with Crippen LogP contribution in [0, 0.1) is 0 Å². The number of ether oxygens (including phenoxy) is 1. The normalized spacial score (nSPS) is 29.0. The van der Waals surface area contributed by atoms with Gasteiger partial charge < -0.3 is 15.8 Å². The smallest absolute Gasteiger partial charge is 0.237 e. The Morgan fingerprint density at radius 3 is 2.67 bits per heavy atom. The summed E-state index contributed by atoms with van der Waals surface area (Å²) in [4.78, 5) is 14.2. The summed E-state index contributed by atoms with van der Waals surface area (Å²) in [5, 5.41) is 3.41. The summed E-state index contributed by atoms with van der Waals surface area (Å²) in [6.07, 6.45) is 4.36. The first kappa shape index (κ1) is 16.7. The molecule has 0 spiro atoms. The Bertz CT molecular complexity index is 382. The van der Waals surface area contributed by atoms with Crippen molar-refractivity contribution in [1.82, 2.24) is 10.2 Å². The summed E-state index contributed by atoms with van der Waals surface area (Å²) in [6, 6.07) is 0.491. The zero-order valence-corrected chi connectivity index (χ0v) is 13.9. The summed E-state index contributed by atoms with van der Waals surface area (Å²) < 4.78 is 5.92. The molecule has 2 rings (SSSR count). The number of primary amides is 1. The summed E-state index contributed by atoms with van der Waals surface area (Å²) >= 11 is 0. The number of rotatable bonds is 7. The van der Waals surface area contributed by atoms with Gasteiger partial charge in [0.05, 0.1) is 17.2 Å². The van der Waals surface area contributed by atoms with Crippen LogP contribution in [0.1, 0.15) is 53.4 Å². The van der Waals surface area contributed by atoms with E-state index in [1.165, 1.54) is 0 Å². The van der Waals surface area contributed by atoms with E-state index < -0.39 is 5.54 Å². The predicted molar refractivity (Wildman–Crippen MR) is 84.1 cm³/mol. The van der Waals surface area contributed by atoms with Gasteiger partial charge in [-0.15, -0.1) is 0 Å². The maximum atomic E-state index is 11.7. The Morgan fingerprint density at radius 1 is 1.48 bits per heavy atom. The van der Waals surface area contributed by atoms with E-state index in [0.717, 1.165) is 45.3 Å². The zero-order chi connectivity index (χ0) is 15.7. The van der Waals surface area contributed by atoms with Crippen molar-refractivity contribution in [3.8, 4) is 0 Å². The SMILES string of the molecule is CC1CN(CCCC(C)(NC2CC2)C(N)=O)CC(C)(C)O1. The van der Waals surface area contributed by atoms with Gasteiger partial charge in [-0.1, -0.05) is 0 Å². The monoisotopic (exact) mass is 297 g/mol. The lowest BCUT2D eigenvalue weighted by molar-refractivity contribution is -0.130. The van der Waals surface area contributed by atoms with Gasteiger partial charge in [0, 0.05) is 19.1 Å². The molecule has 1 aliphatic carbocycles. The molecular formula is C16H31N3O2. The molecule has 2 aliphatic rings. The van der Waals surface area contributed by atoms with Crippen LogP contribution in [0.25, 0.3) is 0 Å². The van der Waals surface area contributed by atoms with Crippen LogP contribution in [0.3, 0.4) is 0 Å². The van der Waals surface area contributed by atoms with E-state index in [4.69, 9.17) is 10.5 Å². The molecular weight excluding hydrogens is 266 g/mol. The van der Waals surface area contributed by atoms with E-state index >= 15 is 0 Å². The highest BCUT2D eigenvalue weighted by Gasteiger charge is 2.37. The highest BCUT2D eigenvalue weighted by molar-refractivity contribution is 5.84. The summed E-state index contributed by atoms with van der Waals surface area (Å²) in [5.74, 6) is -0.231. The molecule has 2 unspecified atom stereocenters. The fraction of sp³-hybridized carbons (Fsp3) is 0.938. The Labute approximate surface area is 128 Å². The van der Waals surface area contributed by atoms with Crippen molar-refractivity contribution in [3.63, 3.8) is 0 Å². The standard InChI is InChI=1S/C16H31N3O2/c1-12-10-19(11-15(2,3)21-12)9-5-8-16(4,14(17)20)18-13-6-7-13/h12-13,18H,5-11H2,1-4H3,(H2,17,20). The quantitative estimate of drug-likeness (QED) is 0.742. The highest BCUT2D eigenvalue weighted by atomic mass is 16.5. The number of morpholine rings is 1. The third-order valence-corrected chi connectivity index (χ3v) is 4.43. The molecule has 21 heavy (non-hydrogen) atoms. The van der Waals surface area contributed by atoms with Crippen molar-refractivity contribution >= 4 is 5.91 Å². The van der Waals surface area contributed by atoms with Crippen molar-refractivity contribution < 1.29 is 9.53 Å². The van der Waals surface area contributed by atoms with Crippen molar-refractivity contribution in [2.75, 3.05) is 19.6 Å². The number of hydrogen-bond acceptors (Lipinski definition) is 4. The highest BCUT2D eigenvalue weighted by Crippen LogP contribution is 2.25. The lowest BCUT2D eigenvalue weighted by Gasteiger charge is -2.42. The first-order valence-electron chi connectivity index (χ1n) is 8.18. The Kier molecular flexibility index (Phi) is 4.96. The minimum absolute atomic E-state index is 0.0864. The molecule has 122 valence electrons. The lowest BCUT2D eigenvalue weighted by Crippen LogP contribution is -2.55. The third-order valence-electron chi connectivity index (χ3n) is 4.43. The Hall–Kier alpha value is -0.650. The van der Waals surface area contributed by atoms with Gasteiger partial charge in [0.15, 0.2) is 0 Å². The number of nitrogens with one attached hydrogen (secondary N) is 1. The molecule has 0 bridgehead atoms. The minimum Gasteiger partial charge on any atom is -0.370 e. The third kappa shape index (κ3) is 4.94. The van der Waals surface area contributed by atoms with E-state index in [2.05, 4.69) is 31.0 Å². The number of nitrogens with zero attached hydrogens (tertiary/aromatic N) is 1. The fourth-order valence-electron chi connectivity index (χ4n) is 3.36. The van der Waals surface area contributed by atoms with Gasteiger partial charge in [-0.3, -0.25) is 9.69 Å². The zero-order valence-electron chi connectivity index (χ0n) is 13.9. The van der Waals surface area contributed by atoms with Crippen LogP contribution in [0.2, 0.25) is 0 Å². The van der Waals surface area contributed by atoms with E-state index in [0.29, 0.717) is 6.04 Å². The number of amides is 1. The van der Waals surface area contributed by atoms with Crippen molar-refractivity contribution in [3.05, 3.63) is 0 Å². The molecule has 1 saturated heterocycles. The lowest BCUT2D eigenvalue weighted by atomic mass is 9.94. The van der Waals surface area contributed by atoms with Gasteiger partial charge in [0.2, 0.25) is 5.91 Å². The Balaban J connectivity index is 1.80. The van der Waals surface area contributed by atoms with Crippen LogP contribution in [-0.2, 0) is 9.53 Å². The number of hydrogen-bond donors (Lipinski definition) is 2. The van der Waals surface area contributed by atoms with Crippen LogP contribution >= 0.6 is 0 Å². The van der Waals surface area contributed by atoms with Gasteiger partial charge in [-0.2, -0.15) is 0 Å². The molecule has 3 N–H and O–H groups in total. The fourth-order valence-corrected chi connectivity index (χ4v) is 3.36. The largest absolute Gasteiger partial charge is 0.370 e. The summed E-state index contributed by atoms with van der Waals surface area (Å²) in [7, 11) is 0. The van der Waals surface area contributed by atoms with E-state index in [1.807, 2.05) is 6.92 Å². The van der Waals surface area contributed by atoms with Gasteiger partial charge in [0.25, 0.3) is 0 Å². The number of carbonyl (C=O) groups excluding carboxylic acids is 1. The number of nitrogens with two attached hydrogens (primary N) is 1. The second-order valence-corrected chi connectivity index (χ2v) is 7.64. The molecule has 5 nitrogen and oxygen atoms in total. The molecule has 2 atom stereocenters. The van der Waals surface area contributed by atoms with Crippen LogP contribution in [0.5, 0.6) is 0 Å². The molecule has 0 aromatic heterocycles. The van der Waals surface area contributed by atoms with Crippen LogP contribution in [0.4, 0.5) is 0 Å². The Morgan fingerprint density at radius 2 is 2.14 bits per heavy atom. The van der Waals surface area contributed by atoms with E-state index in [9.17, 15) is 4.79 Å². The minimum atomic E-state index is -0.561. The molecule has 1 saturated carbocycles. The molecule has 1 amide bonds. The first-order chi connectivity index (χ1) is 9.70. The van der Waals surface area contributed by atoms with Gasteiger partial charge >= 0.3 is 0 Å². The molecule has 2 fully saturated rings. The molecule has 0 radical (unpaired) electrons. The topological polar surface area (TPSA) is 67.6 Å². The van der Waals surface area contributed by atoms with Crippen LogP contribution in [-0.4, -0.2) is 53.7 Å². The van der Waals surface area contributed by atoms with Crippen molar-refractivity contribution in [1.29, 1.82) is 0 Å². The van der Waals surface area contributed by atoms with Crippen LogP contribution < -0.4 is 11.1 Å². The number of carbonyl (C=O) groups is 1. The van der Waals surface area contributed by atoms with Crippen molar-refractivity contribution in [2.24, 2.45) is 5.73 Å². The van der Waals surface area contributed by atoms with Gasteiger partial charge in [-0.25, -0.2) is 0 Å². The van der Waals surface area contributed by atoms with Crippen LogP contribution in [0.15, 0.2) is 0 Å².